The number of thioether (sulfide) groups is 3. The van der Waals surface area contributed by atoms with Gasteiger partial charge in [-0.3, -0.25) is 0 Å². The minimum atomic E-state index is -0.622. The molecule has 1 radical (unpaired) electrons. The number of benzene rings is 1. The molecule has 0 aliphatic rings. The SMILES string of the molecule is [CH2]c1ccc(SCF)c(SCF)c1SCF. The van der Waals surface area contributed by atoms with Gasteiger partial charge in [0.25, 0.3) is 0 Å². The molecule has 0 fully saturated rings. The Morgan fingerprint density at radius 2 is 1.44 bits per heavy atom. The lowest BCUT2D eigenvalue weighted by Crippen LogP contribution is -1.89. The van der Waals surface area contributed by atoms with E-state index in [0.717, 1.165) is 35.3 Å². The first-order chi connectivity index (χ1) is 7.74. The lowest BCUT2D eigenvalue weighted by atomic mass is 10.2. The Morgan fingerprint density at radius 3 is 2.00 bits per heavy atom. The first-order valence-electron chi connectivity index (χ1n) is 4.29. The summed E-state index contributed by atoms with van der Waals surface area (Å²) in [5.74, 6) is 0. The zero-order valence-electron chi connectivity index (χ0n) is 8.34. The molecule has 1 rings (SSSR count). The van der Waals surface area contributed by atoms with E-state index in [1.165, 1.54) is 0 Å². The van der Waals surface area contributed by atoms with Crippen molar-refractivity contribution in [3.8, 4) is 0 Å². The predicted octanol–water partition coefficient (Wildman–Crippen LogP) is 4.93. The fraction of sp³-hybridized carbons (Fsp3) is 0.300. The highest BCUT2D eigenvalue weighted by Crippen LogP contribution is 2.40. The molecular formula is C10H10F3S3. The van der Waals surface area contributed by atoms with Crippen LogP contribution < -0.4 is 0 Å². The second kappa shape index (κ2) is 7.40. The minimum absolute atomic E-state index is 0.584. The standard InChI is InChI=1S/C10H10F3S3/c1-7-2-3-8(14-4-11)10(16-6-13)9(7)15-5-12/h2-3H,1,4-6H2. The van der Waals surface area contributed by atoms with Gasteiger partial charge in [0, 0.05) is 14.7 Å². The van der Waals surface area contributed by atoms with Gasteiger partial charge in [0.1, 0.15) is 18.0 Å². The van der Waals surface area contributed by atoms with Crippen LogP contribution in [0.3, 0.4) is 0 Å². The lowest BCUT2D eigenvalue weighted by molar-refractivity contribution is 0.602. The van der Waals surface area contributed by atoms with E-state index in [9.17, 15) is 13.2 Å². The lowest BCUT2D eigenvalue weighted by Gasteiger charge is -2.13. The van der Waals surface area contributed by atoms with E-state index in [4.69, 9.17) is 0 Å². The van der Waals surface area contributed by atoms with Crippen LogP contribution in [0.4, 0.5) is 13.2 Å². The molecule has 0 aliphatic heterocycles. The van der Waals surface area contributed by atoms with Crippen molar-refractivity contribution in [1.82, 2.24) is 0 Å². The van der Waals surface area contributed by atoms with Crippen molar-refractivity contribution in [1.29, 1.82) is 0 Å². The van der Waals surface area contributed by atoms with Crippen molar-refractivity contribution in [2.45, 2.75) is 14.7 Å². The smallest absolute Gasteiger partial charge is 0.139 e. The second-order valence-electron chi connectivity index (χ2n) is 2.64. The molecule has 0 N–H and O–H groups in total. The largest absolute Gasteiger partial charge is 0.239 e. The summed E-state index contributed by atoms with van der Waals surface area (Å²) in [5.41, 5.74) is 0.641. The van der Waals surface area contributed by atoms with Gasteiger partial charge >= 0.3 is 0 Å². The molecule has 6 heteroatoms. The van der Waals surface area contributed by atoms with Crippen molar-refractivity contribution < 1.29 is 13.2 Å². The zero-order valence-corrected chi connectivity index (χ0v) is 10.8. The third-order valence-corrected chi connectivity index (χ3v) is 4.47. The van der Waals surface area contributed by atoms with Crippen LogP contribution in [0.2, 0.25) is 0 Å². The summed E-state index contributed by atoms with van der Waals surface area (Å²) in [4.78, 5) is 1.82. The first-order valence-corrected chi connectivity index (χ1v) is 7.25. The van der Waals surface area contributed by atoms with Crippen LogP contribution in [0.15, 0.2) is 26.8 Å². The Labute approximate surface area is 106 Å². The second-order valence-corrected chi connectivity index (χ2v) is 5.42. The van der Waals surface area contributed by atoms with Crippen molar-refractivity contribution in [2.24, 2.45) is 0 Å². The maximum Gasteiger partial charge on any atom is 0.139 e. The number of hydrogen-bond acceptors (Lipinski definition) is 3. The van der Waals surface area contributed by atoms with Gasteiger partial charge in [0.2, 0.25) is 0 Å². The molecule has 0 saturated heterocycles. The van der Waals surface area contributed by atoms with Gasteiger partial charge < -0.3 is 0 Å². The van der Waals surface area contributed by atoms with E-state index in [0.29, 0.717) is 20.2 Å². The summed E-state index contributed by atoms with van der Waals surface area (Å²) < 4.78 is 37.0. The molecule has 0 unspecified atom stereocenters. The molecule has 0 saturated carbocycles. The topological polar surface area (TPSA) is 0 Å². The molecule has 89 valence electrons. The highest BCUT2D eigenvalue weighted by atomic mass is 32.2. The van der Waals surface area contributed by atoms with Crippen LogP contribution in [0, 0.1) is 6.92 Å². The number of rotatable bonds is 6. The molecule has 0 aliphatic carbocycles. The molecule has 0 spiro atoms. The van der Waals surface area contributed by atoms with Crippen molar-refractivity contribution in [2.75, 3.05) is 18.0 Å². The van der Waals surface area contributed by atoms with Gasteiger partial charge in [-0.05, 0) is 18.6 Å². The minimum Gasteiger partial charge on any atom is -0.239 e. The quantitative estimate of drug-likeness (QED) is 0.680. The molecule has 0 bridgehead atoms. The predicted molar refractivity (Wildman–Crippen MR) is 66.4 cm³/mol. The molecule has 0 aromatic heterocycles. The zero-order chi connectivity index (χ0) is 12.0. The average Bonchev–Trinajstić information content (AvgIpc) is 2.27. The summed E-state index contributed by atoms with van der Waals surface area (Å²) >= 11 is 2.87. The van der Waals surface area contributed by atoms with Gasteiger partial charge in [-0.25, -0.2) is 13.2 Å². The van der Waals surface area contributed by atoms with E-state index in [-0.39, 0.29) is 0 Å². The van der Waals surface area contributed by atoms with E-state index < -0.39 is 18.0 Å². The van der Waals surface area contributed by atoms with Gasteiger partial charge in [0.05, 0.1) is 0 Å². The molecular weight excluding hydrogens is 273 g/mol. The fourth-order valence-corrected chi connectivity index (χ4v) is 3.63. The van der Waals surface area contributed by atoms with Crippen molar-refractivity contribution in [3.05, 3.63) is 24.6 Å². The molecule has 0 amide bonds. The summed E-state index contributed by atoms with van der Waals surface area (Å²) in [6.45, 7) is 3.76. The highest BCUT2D eigenvalue weighted by Gasteiger charge is 2.13. The molecule has 0 atom stereocenters. The Balaban J connectivity index is 3.14. The van der Waals surface area contributed by atoms with Crippen LogP contribution in [0.1, 0.15) is 5.56 Å². The number of hydrogen-bond donors (Lipinski definition) is 0. The Bertz CT molecular complexity index is 344. The number of halogens is 3. The molecule has 16 heavy (non-hydrogen) atoms. The van der Waals surface area contributed by atoms with E-state index >= 15 is 0 Å². The maximum atomic E-state index is 12.4. The van der Waals surface area contributed by atoms with Crippen LogP contribution >= 0.6 is 35.3 Å². The van der Waals surface area contributed by atoms with Crippen molar-refractivity contribution in [3.63, 3.8) is 0 Å². The van der Waals surface area contributed by atoms with Gasteiger partial charge in [-0.2, -0.15) is 0 Å². The molecule has 0 nitrogen and oxygen atoms in total. The van der Waals surface area contributed by atoms with Gasteiger partial charge in [-0.15, -0.1) is 0 Å². The van der Waals surface area contributed by atoms with E-state index in [2.05, 4.69) is 6.92 Å². The Hall–Kier alpha value is 0.0600. The summed E-state index contributed by atoms with van der Waals surface area (Å²) in [7, 11) is 0. The highest BCUT2D eigenvalue weighted by molar-refractivity contribution is 8.03. The first kappa shape index (κ1) is 14.1. The third-order valence-electron chi connectivity index (χ3n) is 1.77. The summed E-state index contributed by atoms with van der Waals surface area (Å²) in [6, 6.07) is 1.57. The third kappa shape index (κ3) is 3.53. The van der Waals surface area contributed by atoms with Crippen LogP contribution in [-0.4, -0.2) is 18.0 Å². The van der Waals surface area contributed by atoms with Gasteiger partial charge in [-0.1, -0.05) is 41.4 Å². The van der Waals surface area contributed by atoms with Crippen LogP contribution in [0.25, 0.3) is 0 Å². The van der Waals surface area contributed by atoms with Crippen LogP contribution in [-0.2, 0) is 0 Å². The molecule has 1 aromatic rings. The summed E-state index contributed by atoms with van der Waals surface area (Å²) in [6.07, 6.45) is 0. The Kier molecular flexibility index (Phi) is 6.53. The van der Waals surface area contributed by atoms with Gasteiger partial charge in [0.15, 0.2) is 0 Å². The average molecular weight is 283 g/mol. The Morgan fingerprint density at radius 1 is 0.875 bits per heavy atom. The normalized spacial score (nSPS) is 10.8. The monoisotopic (exact) mass is 283 g/mol. The van der Waals surface area contributed by atoms with E-state index in [1.807, 2.05) is 0 Å². The summed E-state index contributed by atoms with van der Waals surface area (Å²) in [5, 5.41) is 0. The fourth-order valence-electron chi connectivity index (χ4n) is 1.16. The molecule has 0 heterocycles. The van der Waals surface area contributed by atoms with Crippen LogP contribution in [0.5, 0.6) is 0 Å². The molecule has 1 aromatic carbocycles. The van der Waals surface area contributed by atoms with E-state index in [1.54, 1.807) is 12.1 Å². The maximum absolute atomic E-state index is 12.4. The number of alkyl halides is 3. The van der Waals surface area contributed by atoms with Crippen molar-refractivity contribution >= 4 is 35.3 Å².